The van der Waals surface area contributed by atoms with E-state index in [1.165, 1.54) is 32.1 Å². The van der Waals surface area contributed by atoms with Gasteiger partial charge in [0.15, 0.2) is 0 Å². The van der Waals surface area contributed by atoms with Gasteiger partial charge in [0.2, 0.25) is 0 Å². The molecule has 2 aliphatic rings. The van der Waals surface area contributed by atoms with Crippen molar-refractivity contribution in [1.29, 1.82) is 0 Å². The van der Waals surface area contributed by atoms with Crippen LogP contribution < -0.4 is 5.73 Å². The zero-order valence-corrected chi connectivity index (χ0v) is 9.78. The van der Waals surface area contributed by atoms with Crippen LogP contribution in [0.4, 0.5) is 0 Å². The minimum atomic E-state index is -0.322. The van der Waals surface area contributed by atoms with Gasteiger partial charge in [-0.05, 0) is 44.6 Å². The van der Waals surface area contributed by atoms with Crippen molar-refractivity contribution in [3.63, 3.8) is 0 Å². The molecule has 2 saturated carbocycles. The molecule has 0 amide bonds. The number of hydrogen-bond acceptors (Lipinski definition) is 3. The van der Waals surface area contributed by atoms with Crippen LogP contribution in [0, 0.1) is 5.92 Å². The van der Waals surface area contributed by atoms with Gasteiger partial charge in [-0.25, -0.2) is 0 Å². The second-order valence-electron chi connectivity index (χ2n) is 5.37. The zero-order chi connectivity index (χ0) is 10.9. The first-order chi connectivity index (χ1) is 7.19. The molecular formula is C12H24N2O. The lowest BCUT2D eigenvalue weighted by atomic mass is 9.94. The summed E-state index contributed by atoms with van der Waals surface area (Å²) in [5, 5.41) is 9.46. The Morgan fingerprint density at radius 1 is 1.33 bits per heavy atom. The number of rotatable bonds is 7. The lowest BCUT2D eigenvalue weighted by molar-refractivity contribution is 0.116. The van der Waals surface area contributed by atoms with Gasteiger partial charge in [-0.3, -0.25) is 4.90 Å². The molecule has 0 aromatic heterocycles. The average molecular weight is 212 g/mol. The zero-order valence-electron chi connectivity index (χ0n) is 9.78. The monoisotopic (exact) mass is 212 g/mol. The molecule has 0 spiro atoms. The van der Waals surface area contributed by atoms with Crippen LogP contribution in [0.1, 0.15) is 39.0 Å². The van der Waals surface area contributed by atoms with E-state index in [2.05, 4.69) is 11.8 Å². The fourth-order valence-electron chi connectivity index (χ4n) is 2.46. The fraction of sp³-hybridized carbons (Fsp3) is 1.00. The van der Waals surface area contributed by atoms with Crippen molar-refractivity contribution >= 4 is 0 Å². The predicted molar refractivity (Wildman–Crippen MR) is 61.6 cm³/mol. The summed E-state index contributed by atoms with van der Waals surface area (Å²) in [6, 6.07) is 0.762. The predicted octanol–water partition coefficient (Wildman–Crippen LogP) is 0.961. The number of hydrogen-bond donors (Lipinski definition) is 2. The average Bonchev–Trinajstić information content (AvgIpc) is 3.07. The van der Waals surface area contributed by atoms with Crippen molar-refractivity contribution in [2.75, 3.05) is 19.7 Å². The van der Waals surface area contributed by atoms with E-state index in [0.29, 0.717) is 5.92 Å². The van der Waals surface area contributed by atoms with E-state index in [9.17, 15) is 5.11 Å². The van der Waals surface area contributed by atoms with E-state index in [-0.39, 0.29) is 12.1 Å². The number of aliphatic hydroxyl groups is 1. The van der Waals surface area contributed by atoms with E-state index in [1.807, 2.05) is 0 Å². The molecule has 3 nitrogen and oxygen atoms in total. The Balaban J connectivity index is 1.90. The molecule has 15 heavy (non-hydrogen) atoms. The van der Waals surface area contributed by atoms with Crippen LogP contribution in [-0.2, 0) is 0 Å². The molecule has 0 aliphatic heterocycles. The number of nitrogens with zero attached hydrogens (tertiary/aromatic N) is 1. The van der Waals surface area contributed by atoms with Crippen molar-refractivity contribution in [2.45, 2.75) is 50.6 Å². The van der Waals surface area contributed by atoms with Crippen LogP contribution in [-0.4, -0.2) is 41.3 Å². The Labute approximate surface area is 92.6 Å². The lowest BCUT2D eigenvalue weighted by Crippen LogP contribution is -2.55. The van der Waals surface area contributed by atoms with Crippen LogP contribution in [0.2, 0.25) is 0 Å². The van der Waals surface area contributed by atoms with Crippen molar-refractivity contribution in [2.24, 2.45) is 11.7 Å². The second kappa shape index (κ2) is 4.40. The molecule has 0 radical (unpaired) electrons. The van der Waals surface area contributed by atoms with E-state index < -0.39 is 0 Å². The lowest BCUT2D eigenvalue weighted by Gasteiger charge is -2.34. The molecule has 2 aliphatic carbocycles. The molecule has 1 atom stereocenters. The van der Waals surface area contributed by atoms with Gasteiger partial charge in [-0.15, -0.1) is 0 Å². The Kier molecular flexibility index (Phi) is 3.33. The Morgan fingerprint density at radius 2 is 2.00 bits per heavy atom. The van der Waals surface area contributed by atoms with Gasteiger partial charge < -0.3 is 10.8 Å². The minimum Gasteiger partial charge on any atom is -0.394 e. The number of nitrogens with two attached hydrogens (primary N) is 1. The molecule has 2 rings (SSSR count). The van der Waals surface area contributed by atoms with Gasteiger partial charge in [0, 0.05) is 12.6 Å². The minimum absolute atomic E-state index is 0.143. The normalized spacial score (nSPS) is 25.6. The first kappa shape index (κ1) is 11.4. The summed E-state index contributed by atoms with van der Waals surface area (Å²) in [6.45, 7) is 4.39. The van der Waals surface area contributed by atoms with E-state index in [4.69, 9.17) is 5.73 Å². The van der Waals surface area contributed by atoms with Crippen LogP contribution >= 0.6 is 0 Å². The first-order valence-electron chi connectivity index (χ1n) is 6.33. The standard InChI is InChI=1S/C12H24N2O/c1-2-7-14(11-5-6-11)8-12(13,9-15)10-3-4-10/h10-11,15H,2-9,13H2,1H3. The Bertz CT molecular complexity index is 214. The van der Waals surface area contributed by atoms with E-state index in [1.54, 1.807) is 0 Å². The SMILES string of the molecule is CCCN(CC(N)(CO)C1CC1)C1CC1. The molecule has 0 aromatic rings. The van der Waals surface area contributed by atoms with Crippen LogP contribution in [0.15, 0.2) is 0 Å². The summed E-state index contributed by atoms with van der Waals surface area (Å²) < 4.78 is 0. The quantitative estimate of drug-likeness (QED) is 0.661. The van der Waals surface area contributed by atoms with Gasteiger partial charge in [0.05, 0.1) is 12.1 Å². The molecule has 0 aromatic carbocycles. The van der Waals surface area contributed by atoms with Crippen LogP contribution in [0.5, 0.6) is 0 Å². The second-order valence-corrected chi connectivity index (χ2v) is 5.37. The summed E-state index contributed by atoms with van der Waals surface area (Å²) in [4.78, 5) is 2.49. The smallest absolute Gasteiger partial charge is 0.0626 e. The topological polar surface area (TPSA) is 49.5 Å². The van der Waals surface area contributed by atoms with Gasteiger partial charge in [-0.1, -0.05) is 6.92 Å². The number of aliphatic hydroxyl groups excluding tert-OH is 1. The Hall–Kier alpha value is -0.120. The van der Waals surface area contributed by atoms with E-state index in [0.717, 1.165) is 19.1 Å². The molecule has 3 N–H and O–H groups in total. The maximum atomic E-state index is 9.46. The first-order valence-corrected chi connectivity index (χ1v) is 6.33. The molecule has 0 saturated heterocycles. The summed E-state index contributed by atoms with van der Waals surface area (Å²) in [5.74, 6) is 0.570. The van der Waals surface area contributed by atoms with E-state index >= 15 is 0 Å². The van der Waals surface area contributed by atoms with Crippen molar-refractivity contribution in [3.05, 3.63) is 0 Å². The van der Waals surface area contributed by atoms with Crippen molar-refractivity contribution < 1.29 is 5.11 Å². The Morgan fingerprint density at radius 3 is 2.40 bits per heavy atom. The highest BCUT2D eigenvalue weighted by Gasteiger charge is 2.44. The van der Waals surface area contributed by atoms with Crippen LogP contribution in [0.25, 0.3) is 0 Å². The molecule has 3 heteroatoms. The third-order valence-electron chi connectivity index (χ3n) is 3.76. The van der Waals surface area contributed by atoms with Gasteiger partial charge in [0.1, 0.15) is 0 Å². The summed E-state index contributed by atoms with van der Waals surface area (Å²) in [7, 11) is 0. The van der Waals surface area contributed by atoms with Crippen LogP contribution in [0.3, 0.4) is 0 Å². The van der Waals surface area contributed by atoms with Crippen molar-refractivity contribution in [3.8, 4) is 0 Å². The highest BCUT2D eigenvalue weighted by atomic mass is 16.3. The summed E-state index contributed by atoms with van der Waals surface area (Å²) >= 11 is 0. The highest BCUT2D eigenvalue weighted by Crippen LogP contribution is 2.40. The molecule has 1 unspecified atom stereocenters. The molecular weight excluding hydrogens is 188 g/mol. The largest absolute Gasteiger partial charge is 0.394 e. The third-order valence-corrected chi connectivity index (χ3v) is 3.76. The molecule has 2 fully saturated rings. The molecule has 0 heterocycles. The highest BCUT2D eigenvalue weighted by molar-refractivity contribution is 5.02. The maximum absolute atomic E-state index is 9.46. The van der Waals surface area contributed by atoms with Gasteiger partial charge >= 0.3 is 0 Å². The summed E-state index contributed by atoms with van der Waals surface area (Å²) in [5.41, 5.74) is 5.99. The van der Waals surface area contributed by atoms with Gasteiger partial charge in [-0.2, -0.15) is 0 Å². The van der Waals surface area contributed by atoms with Gasteiger partial charge in [0.25, 0.3) is 0 Å². The molecule has 0 bridgehead atoms. The summed E-state index contributed by atoms with van der Waals surface area (Å²) in [6.07, 6.45) is 6.25. The maximum Gasteiger partial charge on any atom is 0.0626 e. The van der Waals surface area contributed by atoms with Crippen molar-refractivity contribution in [1.82, 2.24) is 4.90 Å². The molecule has 88 valence electrons. The third kappa shape index (κ3) is 2.71. The fourth-order valence-corrected chi connectivity index (χ4v) is 2.46.